The number of carbonyl (C=O) groups excluding carboxylic acids is 4. The van der Waals surface area contributed by atoms with Gasteiger partial charge in [-0.3, -0.25) is 39.1 Å². The van der Waals surface area contributed by atoms with Crippen LogP contribution in [0.25, 0.3) is 88.6 Å². The number of rotatable bonds is 26. The van der Waals surface area contributed by atoms with Crippen molar-refractivity contribution in [1.29, 1.82) is 0 Å². The molecule has 4 aromatic heterocycles. The molecule has 0 fully saturated rings. The summed E-state index contributed by atoms with van der Waals surface area (Å²) < 4.78 is 0. The number of para-hydroxylation sites is 1. The van der Waals surface area contributed by atoms with Crippen molar-refractivity contribution in [3.8, 4) is 45.0 Å². The van der Waals surface area contributed by atoms with Gasteiger partial charge < -0.3 is 20.4 Å². The second-order valence-electron chi connectivity index (χ2n) is 36.3. The standard InChI is InChI=1S/3C21H22N.C15H10N.C13H24O2.C11H20O2.C9H16O2.C5H8O2.4Ir/c1-14(2)9-17-5-6-18-7-8-20(22-21(18)13-17)19-11-15(3)10-16(4)12-19;2*1-14(2)10-17-6-5-7-21-19(17)8-9-20(22-21)18-12-15(3)11-16(4)13-18;1-2-6-12(7-3-1)15-11-10-13-8-4-5-9-14(13)16-15;1-5-10(6-2)12(14)9-13(15)11(7-3)8-4;1-8(2)5-10(12)7-11(13)6-9(3)4;1-6(2)8(10)5-9(11)7(3)4;1-4(6)3-5(2)7;;;;/h5-8,10-11,13-14H,9H2,1-4H3;2*5-9,11-12,14H,10H2,1-4H3;1-6,8-11H;9-11,14H,5-8H2,1-4H3;7-9,12H,5-6H2,1-4H3;5-7,10H,1-4H3;3,6H,1-2H3;;;;/q4*-1;;;;;;;;. The van der Waals surface area contributed by atoms with Crippen molar-refractivity contribution in [3.05, 3.63) is 310 Å². The van der Waals surface area contributed by atoms with Crippen LogP contribution in [0.15, 0.2) is 235 Å². The first kappa shape index (κ1) is 121. The monoisotopic (exact) mass is 2490 g/mol. The van der Waals surface area contributed by atoms with Crippen LogP contribution in [0, 0.1) is 119 Å². The minimum atomic E-state index is -0.125. The fraction of sp³-hybridized carbons (Fsp3) is 0.379. The van der Waals surface area contributed by atoms with Crippen LogP contribution in [-0.2, 0) is 119 Å². The van der Waals surface area contributed by atoms with E-state index in [4.69, 9.17) is 20.1 Å². The van der Waals surface area contributed by atoms with Gasteiger partial charge in [0.2, 0.25) is 0 Å². The van der Waals surface area contributed by atoms with Crippen LogP contribution in [-0.4, -0.2) is 63.5 Å². The van der Waals surface area contributed by atoms with E-state index < -0.39 is 0 Å². The molecule has 716 valence electrons. The summed E-state index contributed by atoms with van der Waals surface area (Å²) in [4.78, 5) is 63.2. The van der Waals surface area contributed by atoms with Gasteiger partial charge in [-0.15, -0.1) is 141 Å². The number of allylic oxidation sites excluding steroid dienone is 8. The van der Waals surface area contributed by atoms with E-state index in [1.165, 1.54) is 93.1 Å². The van der Waals surface area contributed by atoms with Gasteiger partial charge in [-0.25, -0.2) is 0 Å². The number of benzene rings is 8. The molecule has 4 N–H and O–H groups in total. The van der Waals surface area contributed by atoms with Gasteiger partial charge in [0.15, 0.2) is 23.1 Å². The van der Waals surface area contributed by atoms with Gasteiger partial charge in [0.1, 0.15) is 0 Å². The van der Waals surface area contributed by atoms with Crippen molar-refractivity contribution in [2.45, 2.75) is 238 Å². The van der Waals surface area contributed by atoms with E-state index >= 15 is 0 Å². The van der Waals surface area contributed by atoms with Gasteiger partial charge in [-0.1, -0.05) is 269 Å². The molecule has 4 radical (unpaired) electrons. The molecule has 12 aromatic rings. The number of hydrogen-bond acceptors (Lipinski definition) is 12. The van der Waals surface area contributed by atoms with E-state index in [-0.39, 0.29) is 150 Å². The number of ketones is 4. The summed E-state index contributed by atoms with van der Waals surface area (Å²) in [6.45, 7) is 52.4. The van der Waals surface area contributed by atoms with Crippen molar-refractivity contribution in [2.75, 3.05) is 0 Å². The SMILES string of the molecule is CC(=O)C=C(C)O.CC(C)C(=O)C=C(O)C(C)C.CC(C)CC(=O)C=C(O)CC(C)C.CCC(CC)C(=O)C=C(O)C(CC)CC.Cc1[c-]c(-c2ccc3c(CC(C)C)cccc3n2)cc(C)c1.Cc1[c-]c(-c2ccc3c(CC(C)C)cccc3n2)cc(C)c1.Cc1[c-]c(-c2ccc3ccc(CC(C)C)cc3n2)cc(C)c1.[Ir].[Ir].[Ir].[Ir].[c-]1ccccc1-c1ccc2ccccc2n1. The average Bonchev–Trinajstić information content (AvgIpc) is 0.817. The zero-order chi connectivity index (χ0) is 95.0. The van der Waals surface area contributed by atoms with Crippen LogP contribution in [0.1, 0.15) is 227 Å². The van der Waals surface area contributed by atoms with Crippen molar-refractivity contribution >= 4 is 66.7 Å². The Labute approximate surface area is 845 Å². The Bertz CT molecular complexity index is 5410. The zero-order valence-electron chi connectivity index (χ0n) is 82.8. The number of aliphatic hydroxyl groups excluding tert-OH is 4. The summed E-state index contributed by atoms with van der Waals surface area (Å²) in [5, 5.41) is 41.6. The maximum atomic E-state index is 11.7. The van der Waals surface area contributed by atoms with Crippen LogP contribution in [0.4, 0.5) is 0 Å². The summed E-state index contributed by atoms with van der Waals surface area (Å²) in [7, 11) is 0. The van der Waals surface area contributed by atoms with E-state index in [0.717, 1.165) is 129 Å². The van der Waals surface area contributed by atoms with Gasteiger partial charge in [-0.2, -0.15) is 0 Å². The van der Waals surface area contributed by atoms with Crippen molar-refractivity contribution in [3.63, 3.8) is 0 Å². The predicted molar refractivity (Wildman–Crippen MR) is 539 cm³/mol. The molecule has 0 saturated heterocycles. The molecule has 4 heterocycles. The molecule has 0 aliphatic rings. The second kappa shape index (κ2) is 62.4. The van der Waals surface area contributed by atoms with E-state index in [1.807, 2.05) is 132 Å². The normalized spacial score (nSPS) is 11.3. The van der Waals surface area contributed by atoms with E-state index in [1.54, 1.807) is 0 Å². The molecule has 0 atom stereocenters. The fourth-order valence-corrected chi connectivity index (χ4v) is 14.4. The molecule has 0 unspecified atom stereocenters. The first-order chi connectivity index (χ1) is 60.6. The molecule has 0 aliphatic carbocycles. The van der Waals surface area contributed by atoms with E-state index in [9.17, 15) is 34.5 Å². The largest absolute Gasteiger partial charge is 0.512 e. The number of carbonyl (C=O) groups is 4. The van der Waals surface area contributed by atoms with Gasteiger partial charge in [-0.05, 0) is 163 Å². The van der Waals surface area contributed by atoms with Crippen molar-refractivity contribution in [2.24, 2.45) is 53.3 Å². The Morgan fingerprint density at radius 3 is 1.14 bits per heavy atom. The number of aliphatic hydroxyl groups is 4. The van der Waals surface area contributed by atoms with Crippen LogP contribution in [0.2, 0.25) is 0 Å². The Morgan fingerprint density at radius 1 is 0.356 bits per heavy atom. The number of aryl methyl sites for hydroxylation is 6. The molecular weight excluding hydrogens is 2350 g/mol. The first-order valence-electron chi connectivity index (χ1n) is 45.8. The molecular formula is C116H144Ir4N4O8-4. The summed E-state index contributed by atoms with van der Waals surface area (Å²) in [6.07, 6.45) is 13.1. The Morgan fingerprint density at radius 2 is 0.750 bits per heavy atom. The van der Waals surface area contributed by atoms with Gasteiger partial charge in [0, 0.05) is 152 Å². The van der Waals surface area contributed by atoms with E-state index in [2.05, 4.69) is 252 Å². The molecule has 132 heavy (non-hydrogen) atoms. The molecule has 0 spiro atoms. The molecule has 12 nitrogen and oxygen atoms in total. The van der Waals surface area contributed by atoms with Crippen molar-refractivity contribution in [1.82, 2.24) is 19.9 Å². The van der Waals surface area contributed by atoms with Gasteiger partial charge in [0.05, 0.1) is 45.1 Å². The van der Waals surface area contributed by atoms with Crippen LogP contribution >= 0.6 is 0 Å². The molecule has 12 rings (SSSR count). The molecule has 0 aliphatic heterocycles. The fourth-order valence-electron chi connectivity index (χ4n) is 14.4. The molecule has 0 bridgehead atoms. The summed E-state index contributed by atoms with van der Waals surface area (Å²) >= 11 is 0. The summed E-state index contributed by atoms with van der Waals surface area (Å²) in [6, 6.07) is 78.9. The second-order valence-corrected chi connectivity index (χ2v) is 36.3. The minimum Gasteiger partial charge on any atom is -0.512 e. The number of aromatic nitrogens is 4. The summed E-state index contributed by atoms with van der Waals surface area (Å²) in [5.41, 5.74) is 23.8. The first-order valence-corrected chi connectivity index (χ1v) is 45.8. The van der Waals surface area contributed by atoms with Crippen LogP contribution in [0.3, 0.4) is 0 Å². The molecule has 0 amide bonds. The van der Waals surface area contributed by atoms with Crippen LogP contribution in [0.5, 0.6) is 0 Å². The Balaban J connectivity index is 0.000000766. The number of fused-ring (bicyclic) bond motifs is 4. The summed E-state index contributed by atoms with van der Waals surface area (Å²) in [5.74, 6) is 3.59. The number of nitrogens with zero attached hydrogens (tertiary/aromatic N) is 4. The smallest absolute Gasteiger partial charge is 0.162 e. The van der Waals surface area contributed by atoms with E-state index in [0.29, 0.717) is 42.4 Å². The molecule has 8 aromatic carbocycles. The molecule has 0 saturated carbocycles. The third-order valence-electron chi connectivity index (χ3n) is 20.7. The van der Waals surface area contributed by atoms with Crippen LogP contribution < -0.4 is 0 Å². The van der Waals surface area contributed by atoms with Gasteiger partial charge >= 0.3 is 0 Å². The number of pyridine rings is 4. The average molecular weight is 2490 g/mol. The predicted octanol–water partition coefficient (Wildman–Crippen LogP) is 30.5. The quantitative estimate of drug-likeness (QED) is 0.0227. The van der Waals surface area contributed by atoms with Gasteiger partial charge in [0.25, 0.3) is 0 Å². The van der Waals surface area contributed by atoms with Crippen molar-refractivity contribution < 1.29 is 120 Å². The molecule has 16 heteroatoms. The topological polar surface area (TPSA) is 201 Å². The maximum Gasteiger partial charge on any atom is 0.162 e. The third-order valence-corrected chi connectivity index (χ3v) is 20.7. The zero-order valence-corrected chi connectivity index (χ0v) is 92.4. The maximum absolute atomic E-state index is 11.7. The Hall–Kier alpha value is -9.16. The number of hydrogen-bond donors (Lipinski definition) is 4. The third kappa shape index (κ3) is 43.9. The minimum absolute atomic E-state index is 0. The Kier molecular flexibility index (Phi) is 57.1.